The second-order valence-corrected chi connectivity index (χ2v) is 7.48. The first-order valence-electron chi connectivity index (χ1n) is 7.97. The Morgan fingerprint density at radius 3 is 2.37 bits per heavy atom. The molecule has 1 amide bonds. The normalized spacial score (nSPS) is 11.9. The molecular formula is C19H20N2O5S. The van der Waals surface area contributed by atoms with Gasteiger partial charge in [-0.05, 0) is 12.1 Å². The molecule has 2 aromatic carbocycles. The Bertz CT molecular complexity index is 955. The van der Waals surface area contributed by atoms with Gasteiger partial charge in [-0.1, -0.05) is 36.9 Å². The van der Waals surface area contributed by atoms with Gasteiger partial charge in [-0.2, -0.15) is 0 Å². The van der Waals surface area contributed by atoms with Gasteiger partial charge < -0.3 is 15.4 Å². The van der Waals surface area contributed by atoms with E-state index in [-0.39, 0.29) is 16.4 Å². The summed E-state index contributed by atoms with van der Waals surface area (Å²) < 4.78 is 29.1. The monoisotopic (exact) mass is 388 g/mol. The standard InChI is InChI=1S/C19H20N2O5S/c1-4-27(24,25)15-10-11-16(17(12-15)26-3)21-19(20-13(2)22)18(23)14-8-6-5-7-9-14/h4-12,19,21H,1H2,2-3H3,(H,20,22). The summed E-state index contributed by atoms with van der Waals surface area (Å²) in [6, 6.07) is 12.6. The van der Waals surface area contributed by atoms with E-state index in [0.717, 1.165) is 5.41 Å². The third-order valence-corrected chi connectivity index (χ3v) is 5.04. The van der Waals surface area contributed by atoms with Crippen LogP contribution >= 0.6 is 0 Å². The summed E-state index contributed by atoms with van der Waals surface area (Å²) in [6.45, 7) is 4.58. The number of amides is 1. The molecule has 0 radical (unpaired) electrons. The molecule has 0 aliphatic heterocycles. The molecule has 27 heavy (non-hydrogen) atoms. The lowest BCUT2D eigenvalue weighted by molar-refractivity contribution is -0.119. The van der Waals surface area contributed by atoms with Crippen molar-refractivity contribution in [1.82, 2.24) is 5.32 Å². The lowest BCUT2D eigenvalue weighted by atomic mass is 10.1. The van der Waals surface area contributed by atoms with Crippen LogP contribution in [0.4, 0.5) is 5.69 Å². The number of carbonyl (C=O) groups is 2. The Labute approximate surface area is 158 Å². The molecule has 0 fully saturated rings. The molecule has 0 heterocycles. The molecule has 2 N–H and O–H groups in total. The van der Waals surface area contributed by atoms with Crippen molar-refractivity contribution in [3.05, 3.63) is 66.1 Å². The van der Waals surface area contributed by atoms with Crippen LogP contribution in [0, 0.1) is 0 Å². The van der Waals surface area contributed by atoms with Gasteiger partial charge >= 0.3 is 0 Å². The fourth-order valence-corrected chi connectivity index (χ4v) is 3.08. The van der Waals surface area contributed by atoms with E-state index < -0.39 is 21.9 Å². The number of hydrogen-bond donors (Lipinski definition) is 2. The van der Waals surface area contributed by atoms with Crippen LogP contribution in [-0.2, 0) is 14.6 Å². The summed E-state index contributed by atoms with van der Waals surface area (Å²) in [6.07, 6.45) is -1.05. The SMILES string of the molecule is C=CS(=O)(=O)c1ccc(NC(NC(C)=O)C(=O)c2ccccc2)c(OC)c1. The minimum atomic E-state index is -3.63. The molecule has 0 saturated carbocycles. The predicted molar refractivity (Wildman–Crippen MR) is 102 cm³/mol. The van der Waals surface area contributed by atoms with Gasteiger partial charge in [-0.25, -0.2) is 8.42 Å². The molecular weight excluding hydrogens is 368 g/mol. The van der Waals surface area contributed by atoms with E-state index in [1.165, 1.54) is 32.2 Å². The van der Waals surface area contributed by atoms with Crippen LogP contribution in [0.1, 0.15) is 17.3 Å². The number of Topliss-reactive ketones (excluding diaryl/α,β-unsaturated/α-hetero) is 1. The zero-order chi connectivity index (χ0) is 20.0. The van der Waals surface area contributed by atoms with Gasteiger partial charge in [-0.3, -0.25) is 9.59 Å². The molecule has 0 aliphatic rings. The summed E-state index contributed by atoms with van der Waals surface area (Å²) in [5, 5.41) is 6.28. The van der Waals surface area contributed by atoms with Crippen LogP contribution in [0.25, 0.3) is 0 Å². The van der Waals surface area contributed by atoms with Crippen LogP contribution < -0.4 is 15.4 Å². The molecule has 1 unspecified atom stereocenters. The lowest BCUT2D eigenvalue weighted by Gasteiger charge is -2.21. The second kappa shape index (κ2) is 8.50. The third kappa shape index (κ3) is 4.95. The summed E-state index contributed by atoms with van der Waals surface area (Å²) in [4.78, 5) is 24.3. The highest BCUT2D eigenvalue weighted by Crippen LogP contribution is 2.29. The van der Waals surface area contributed by atoms with Crippen LogP contribution in [-0.4, -0.2) is 33.4 Å². The minimum Gasteiger partial charge on any atom is -0.495 e. The Kier molecular flexibility index (Phi) is 6.36. The van der Waals surface area contributed by atoms with Gasteiger partial charge in [0.2, 0.25) is 11.7 Å². The summed E-state index contributed by atoms with van der Waals surface area (Å²) >= 11 is 0. The molecule has 2 aromatic rings. The quantitative estimate of drug-likeness (QED) is 0.532. The van der Waals surface area contributed by atoms with Crippen molar-refractivity contribution < 1.29 is 22.7 Å². The van der Waals surface area contributed by atoms with Crippen molar-refractivity contribution in [2.75, 3.05) is 12.4 Å². The van der Waals surface area contributed by atoms with Gasteiger partial charge in [0.05, 0.1) is 17.7 Å². The minimum absolute atomic E-state index is 0.00497. The van der Waals surface area contributed by atoms with E-state index in [4.69, 9.17) is 4.74 Å². The number of ether oxygens (including phenoxy) is 1. The molecule has 0 spiro atoms. The number of sulfone groups is 1. The van der Waals surface area contributed by atoms with Crippen molar-refractivity contribution in [2.45, 2.75) is 18.0 Å². The fourth-order valence-electron chi connectivity index (χ4n) is 2.36. The number of ketones is 1. The van der Waals surface area contributed by atoms with Crippen LogP contribution in [0.15, 0.2) is 65.4 Å². The predicted octanol–water partition coefficient (Wildman–Crippen LogP) is 2.37. The van der Waals surface area contributed by atoms with Gasteiger partial charge in [0.15, 0.2) is 16.0 Å². The molecule has 7 nitrogen and oxygen atoms in total. The van der Waals surface area contributed by atoms with Crippen molar-refractivity contribution in [2.24, 2.45) is 0 Å². The molecule has 0 aliphatic carbocycles. The van der Waals surface area contributed by atoms with Gasteiger partial charge in [0, 0.05) is 24.0 Å². The number of methoxy groups -OCH3 is 1. The van der Waals surface area contributed by atoms with Gasteiger partial charge in [0.1, 0.15) is 5.75 Å². The Morgan fingerprint density at radius 1 is 1.15 bits per heavy atom. The average Bonchev–Trinajstić information content (AvgIpc) is 2.67. The maximum absolute atomic E-state index is 12.7. The van der Waals surface area contributed by atoms with E-state index in [1.807, 2.05) is 0 Å². The van der Waals surface area contributed by atoms with E-state index in [9.17, 15) is 18.0 Å². The molecule has 0 saturated heterocycles. The first-order valence-corrected chi connectivity index (χ1v) is 9.51. The first-order chi connectivity index (χ1) is 12.8. The maximum Gasteiger partial charge on any atom is 0.218 e. The fraction of sp³-hybridized carbons (Fsp3) is 0.158. The Morgan fingerprint density at radius 2 is 1.81 bits per heavy atom. The highest BCUT2D eigenvalue weighted by atomic mass is 32.2. The van der Waals surface area contributed by atoms with Crippen LogP contribution in [0.2, 0.25) is 0 Å². The Balaban J connectivity index is 2.38. The molecule has 0 aromatic heterocycles. The summed E-state index contributed by atoms with van der Waals surface area (Å²) in [5.41, 5.74) is 0.761. The number of anilines is 1. The van der Waals surface area contributed by atoms with E-state index >= 15 is 0 Å². The van der Waals surface area contributed by atoms with E-state index in [1.54, 1.807) is 30.3 Å². The maximum atomic E-state index is 12.7. The molecule has 2 rings (SSSR count). The molecule has 8 heteroatoms. The highest BCUT2D eigenvalue weighted by Gasteiger charge is 2.23. The molecule has 1 atom stereocenters. The average molecular weight is 388 g/mol. The summed E-state index contributed by atoms with van der Waals surface area (Å²) in [7, 11) is -2.26. The van der Waals surface area contributed by atoms with E-state index in [0.29, 0.717) is 11.3 Å². The highest BCUT2D eigenvalue weighted by molar-refractivity contribution is 7.94. The smallest absolute Gasteiger partial charge is 0.218 e. The second-order valence-electron chi connectivity index (χ2n) is 5.58. The van der Waals surface area contributed by atoms with Crippen LogP contribution in [0.3, 0.4) is 0 Å². The zero-order valence-corrected chi connectivity index (χ0v) is 15.7. The third-order valence-electron chi connectivity index (χ3n) is 3.69. The van der Waals surface area contributed by atoms with Gasteiger partial charge in [0.25, 0.3) is 0 Å². The number of nitrogens with one attached hydrogen (secondary N) is 2. The van der Waals surface area contributed by atoms with E-state index in [2.05, 4.69) is 17.2 Å². The number of hydrogen-bond acceptors (Lipinski definition) is 6. The van der Waals surface area contributed by atoms with Crippen molar-refractivity contribution >= 4 is 27.2 Å². The number of benzene rings is 2. The number of rotatable bonds is 8. The molecule has 142 valence electrons. The van der Waals surface area contributed by atoms with Crippen molar-refractivity contribution in [3.63, 3.8) is 0 Å². The lowest BCUT2D eigenvalue weighted by Crippen LogP contribution is -2.45. The van der Waals surface area contributed by atoms with Gasteiger partial charge in [-0.15, -0.1) is 0 Å². The van der Waals surface area contributed by atoms with Crippen molar-refractivity contribution in [3.8, 4) is 5.75 Å². The molecule has 0 bridgehead atoms. The zero-order valence-electron chi connectivity index (χ0n) is 14.9. The first kappa shape index (κ1) is 20.2. The Hall–Kier alpha value is -3.13. The van der Waals surface area contributed by atoms with Crippen molar-refractivity contribution in [1.29, 1.82) is 0 Å². The van der Waals surface area contributed by atoms with Crippen LogP contribution in [0.5, 0.6) is 5.75 Å². The largest absolute Gasteiger partial charge is 0.495 e. The topological polar surface area (TPSA) is 102 Å². The number of carbonyl (C=O) groups excluding carboxylic acids is 2. The summed E-state index contributed by atoms with van der Waals surface area (Å²) in [5.74, 6) is -0.550.